The van der Waals surface area contributed by atoms with Gasteiger partial charge in [-0.1, -0.05) is 12.8 Å². The molecule has 1 aliphatic heterocycles. The number of nitrogens with zero attached hydrogens (tertiary/aromatic N) is 1. The molecule has 0 saturated carbocycles. The Morgan fingerprint density at radius 3 is 2.85 bits per heavy atom. The largest absolute Gasteiger partial charge is 0.376 e. The molecule has 1 unspecified atom stereocenters. The highest BCUT2D eigenvalue weighted by Crippen LogP contribution is 2.18. The average Bonchev–Trinajstić information content (AvgIpc) is 2.18. The molecule has 1 saturated heterocycles. The predicted molar refractivity (Wildman–Crippen MR) is 54.5 cm³/mol. The minimum Gasteiger partial charge on any atom is -0.376 e. The zero-order valence-electron chi connectivity index (χ0n) is 8.84. The first-order valence-electron chi connectivity index (χ1n) is 4.94. The van der Waals surface area contributed by atoms with E-state index >= 15 is 0 Å². The summed E-state index contributed by atoms with van der Waals surface area (Å²) in [6.07, 6.45) is 6.92. The van der Waals surface area contributed by atoms with Crippen LogP contribution in [0.25, 0.3) is 0 Å². The molecule has 0 aromatic heterocycles. The number of terminal acetylenes is 1. The van der Waals surface area contributed by atoms with Crippen molar-refractivity contribution in [3.05, 3.63) is 0 Å². The molecule has 0 spiro atoms. The van der Waals surface area contributed by atoms with Crippen molar-refractivity contribution in [1.82, 2.24) is 4.90 Å². The summed E-state index contributed by atoms with van der Waals surface area (Å²) < 4.78 is 5.59. The molecule has 1 aliphatic rings. The summed E-state index contributed by atoms with van der Waals surface area (Å²) >= 11 is 0. The van der Waals surface area contributed by atoms with Crippen LogP contribution in [-0.4, -0.2) is 36.2 Å². The van der Waals surface area contributed by atoms with Crippen LogP contribution in [0.5, 0.6) is 0 Å². The average molecular weight is 181 g/mol. The zero-order chi connectivity index (χ0) is 9.90. The molecular weight excluding hydrogens is 162 g/mol. The van der Waals surface area contributed by atoms with E-state index in [0.717, 1.165) is 26.1 Å². The Labute approximate surface area is 81.3 Å². The molecule has 13 heavy (non-hydrogen) atoms. The summed E-state index contributed by atoms with van der Waals surface area (Å²) in [5.74, 6) is 2.83. The highest BCUT2D eigenvalue weighted by atomic mass is 16.5. The van der Waals surface area contributed by atoms with Gasteiger partial charge in [-0.2, -0.15) is 0 Å². The van der Waals surface area contributed by atoms with E-state index in [1.54, 1.807) is 0 Å². The summed E-state index contributed by atoms with van der Waals surface area (Å²) in [6, 6.07) is 0. The maximum absolute atomic E-state index is 5.59. The standard InChI is InChI=1S/C11H19NO/c1-5-10-9-12(7-8-13-10)11(3,4)6-2/h2,10H,5,7-9H2,1,3-4H3. The van der Waals surface area contributed by atoms with E-state index in [-0.39, 0.29) is 5.54 Å². The summed E-state index contributed by atoms with van der Waals surface area (Å²) in [5.41, 5.74) is -0.128. The number of rotatable bonds is 2. The van der Waals surface area contributed by atoms with Crippen LogP contribution in [0.2, 0.25) is 0 Å². The van der Waals surface area contributed by atoms with Gasteiger partial charge in [0.15, 0.2) is 0 Å². The van der Waals surface area contributed by atoms with Gasteiger partial charge in [-0.15, -0.1) is 6.42 Å². The molecule has 0 aromatic carbocycles. The Morgan fingerprint density at radius 1 is 1.62 bits per heavy atom. The highest BCUT2D eigenvalue weighted by Gasteiger charge is 2.29. The fourth-order valence-corrected chi connectivity index (χ4v) is 1.57. The molecule has 0 aliphatic carbocycles. The molecule has 0 aromatic rings. The molecule has 1 heterocycles. The first kappa shape index (κ1) is 10.6. The Balaban J connectivity index is 2.57. The van der Waals surface area contributed by atoms with Gasteiger partial charge >= 0.3 is 0 Å². The first-order chi connectivity index (χ1) is 6.10. The number of hydrogen-bond donors (Lipinski definition) is 0. The van der Waals surface area contributed by atoms with Crippen LogP contribution in [0.1, 0.15) is 27.2 Å². The van der Waals surface area contributed by atoms with Gasteiger partial charge in [-0.3, -0.25) is 4.90 Å². The second kappa shape index (κ2) is 4.13. The van der Waals surface area contributed by atoms with Crippen molar-refractivity contribution in [2.45, 2.75) is 38.8 Å². The van der Waals surface area contributed by atoms with Gasteiger partial charge < -0.3 is 4.74 Å². The third-order valence-electron chi connectivity index (χ3n) is 2.74. The lowest BCUT2D eigenvalue weighted by atomic mass is 10.0. The van der Waals surface area contributed by atoms with Gasteiger partial charge in [0.2, 0.25) is 0 Å². The summed E-state index contributed by atoms with van der Waals surface area (Å²) in [6.45, 7) is 9.05. The smallest absolute Gasteiger partial charge is 0.0767 e. The van der Waals surface area contributed by atoms with Crippen molar-refractivity contribution in [3.63, 3.8) is 0 Å². The first-order valence-corrected chi connectivity index (χ1v) is 4.94. The van der Waals surface area contributed by atoms with E-state index < -0.39 is 0 Å². The monoisotopic (exact) mass is 181 g/mol. The van der Waals surface area contributed by atoms with E-state index in [1.807, 2.05) is 0 Å². The molecule has 0 radical (unpaired) electrons. The van der Waals surface area contributed by atoms with Crippen molar-refractivity contribution in [1.29, 1.82) is 0 Å². The molecule has 1 fully saturated rings. The van der Waals surface area contributed by atoms with Crippen LogP contribution in [0.4, 0.5) is 0 Å². The van der Waals surface area contributed by atoms with Gasteiger partial charge in [0.05, 0.1) is 18.2 Å². The fourth-order valence-electron chi connectivity index (χ4n) is 1.57. The van der Waals surface area contributed by atoms with Gasteiger partial charge in [-0.25, -0.2) is 0 Å². The van der Waals surface area contributed by atoms with Gasteiger partial charge in [0, 0.05) is 13.1 Å². The number of morpholine rings is 1. The number of ether oxygens (including phenoxy) is 1. The second-order valence-corrected chi connectivity index (χ2v) is 4.05. The van der Waals surface area contributed by atoms with E-state index in [0.29, 0.717) is 6.10 Å². The van der Waals surface area contributed by atoms with E-state index in [4.69, 9.17) is 11.2 Å². The Bertz CT molecular complexity index is 205. The zero-order valence-corrected chi connectivity index (χ0v) is 8.84. The van der Waals surface area contributed by atoms with Crippen molar-refractivity contribution < 1.29 is 4.74 Å². The number of hydrogen-bond acceptors (Lipinski definition) is 2. The maximum Gasteiger partial charge on any atom is 0.0767 e. The quantitative estimate of drug-likeness (QED) is 0.599. The SMILES string of the molecule is C#CC(C)(C)N1CCOC(CC)C1. The maximum atomic E-state index is 5.59. The lowest BCUT2D eigenvalue weighted by molar-refractivity contribution is -0.0510. The van der Waals surface area contributed by atoms with E-state index in [1.165, 1.54) is 0 Å². The van der Waals surface area contributed by atoms with Crippen LogP contribution >= 0.6 is 0 Å². The minimum atomic E-state index is -0.128. The molecule has 0 amide bonds. The Hall–Kier alpha value is -0.520. The van der Waals surface area contributed by atoms with Crippen molar-refractivity contribution >= 4 is 0 Å². The molecule has 0 N–H and O–H groups in total. The van der Waals surface area contributed by atoms with Crippen LogP contribution in [0.15, 0.2) is 0 Å². The van der Waals surface area contributed by atoms with E-state index in [9.17, 15) is 0 Å². The molecule has 0 bridgehead atoms. The fraction of sp³-hybridized carbons (Fsp3) is 0.818. The topological polar surface area (TPSA) is 12.5 Å². The lowest BCUT2D eigenvalue weighted by Crippen LogP contribution is -2.52. The summed E-state index contributed by atoms with van der Waals surface area (Å²) in [7, 11) is 0. The normalized spacial score (nSPS) is 25.5. The molecular formula is C11H19NO. The lowest BCUT2D eigenvalue weighted by Gasteiger charge is -2.40. The molecule has 1 rings (SSSR count). The second-order valence-electron chi connectivity index (χ2n) is 4.05. The van der Waals surface area contributed by atoms with Crippen molar-refractivity contribution in [3.8, 4) is 12.3 Å². The van der Waals surface area contributed by atoms with Crippen LogP contribution in [-0.2, 0) is 4.74 Å². The molecule has 1 atom stereocenters. The third-order valence-corrected chi connectivity index (χ3v) is 2.74. The minimum absolute atomic E-state index is 0.128. The Morgan fingerprint density at radius 2 is 2.31 bits per heavy atom. The van der Waals surface area contributed by atoms with Gasteiger partial charge in [-0.05, 0) is 20.3 Å². The summed E-state index contributed by atoms with van der Waals surface area (Å²) in [4.78, 5) is 2.32. The van der Waals surface area contributed by atoms with Crippen molar-refractivity contribution in [2.75, 3.05) is 19.7 Å². The van der Waals surface area contributed by atoms with Gasteiger partial charge in [0.25, 0.3) is 0 Å². The molecule has 74 valence electrons. The third kappa shape index (κ3) is 2.46. The molecule has 2 nitrogen and oxygen atoms in total. The predicted octanol–water partition coefficient (Wildman–Crippen LogP) is 1.51. The summed E-state index contributed by atoms with van der Waals surface area (Å²) in [5, 5.41) is 0. The van der Waals surface area contributed by atoms with Crippen LogP contribution < -0.4 is 0 Å². The Kier molecular flexibility index (Phi) is 3.35. The van der Waals surface area contributed by atoms with E-state index in [2.05, 4.69) is 31.6 Å². The highest BCUT2D eigenvalue weighted by molar-refractivity contribution is 5.09. The van der Waals surface area contributed by atoms with Crippen LogP contribution in [0, 0.1) is 12.3 Å². The van der Waals surface area contributed by atoms with Crippen molar-refractivity contribution in [2.24, 2.45) is 0 Å². The molecule has 2 heteroatoms. The van der Waals surface area contributed by atoms with Crippen LogP contribution in [0.3, 0.4) is 0 Å². The van der Waals surface area contributed by atoms with Gasteiger partial charge in [0.1, 0.15) is 0 Å².